The van der Waals surface area contributed by atoms with Gasteiger partial charge in [0, 0.05) is 27.4 Å². The summed E-state index contributed by atoms with van der Waals surface area (Å²) in [5.41, 5.74) is 4.49. The number of anilines is 2. The van der Waals surface area contributed by atoms with E-state index in [4.69, 9.17) is 4.74 Å². The summed E-state index contributed by atoms with van der Waals surface area (Å²) in [5, 5.41) is 4.17. The van der Waals surface area contributed by atoms with Crippen LogP contribution in [0.4, 0.5) is 11.4 Å². The number of carbonyl (C=O) groups excluding carboxylic acids is 1. The number of carbonyl (C=O) groups is 1. The molecule has 2 heterocycles. The first kappa shape index (κ1) is 18.3. The average Bonchev–Trinajstić information content (AvgIpc) is 2.61. The smallest absolute Gasteiger partial charge is 0.341 e. The highest BCUT2D eigenvalue weighted by Gasteiger charge is 2.18. The van der Waals surface area contributed by atoms with Gasteiger partial charge in [0.25, 0.3) is 0 Å². The third-order valence-electron chi connectivity index (χ3n) is 3.97. The number of rotatable bonds is 5. The van der Waals surface area contributed by atoms with E-state index in [2.05, 4.69) is 31.2 Å². The van der Waals surface area contributed by atoms with Crippen LogP contribution in [0.3, 0.4) is 0 Å². The van der Waals surface area contributed by atoms with E-state index in [9.17, 15) is 4.79 Å². The van der Waals surface area contributed by atoms with Crippen LogP contribution >= 0.6 is 15.9 Å². The lowest BCUT2D eigenvalue weighted by atomic mass is 10.1. The zero-order valence-corrected chi connectivity index (χ0v) is 16.6. The van der Waals surface area contributed by atoms with E-state index < -0.39 is 0 Å². The first-order valence-corrected chi connectivity index (χ1v) is 9.25. The first-order chi connectivity index (χ1) is 12.5. The molecule has 0 aliphatic rings. The van der Waals surface area contributed by atoms with E-state index in [1.54, 1.807) is 0 Å². The van der Waals surface area contributed by atoms with Crippen molar-refractivity contribution in [1.82, 2.24) is 9.97 Å². The molecule has 0 fully saturated rings. The molecular formula is C20H20BrN3O2. The fraction of sp³-hybridized carbons (Fsp3) is 0.250. The van der Waals surface area contributed by atoms with Crippen LogP contribution < -0.4 is 5.32 Å². The number of esters is 1. The van der Waals surface area contributed by atoms with Crippen LogP contribution in [0.5, 0.6) is 0 Å². The Labute approximate surface area is 160 Å². The lowest BCUT2D eigenvalue weighted by molar-refractivity contribution is 0.0506. The van der Waals surface area contributed by atoms with Gasteiger partial charge < -0.3 is 10.1 Å². The van der Waals surface area contributed by atoms with Gasteiger partial charge in [0.1, 0.15) is 5.56 Å². The second-order valence-electron chi connectivity index (χ2n) is 6.09. The fourth-order valence-electron chi connectivity index (χ4n) is 2.64. The summed E-state index contributed by atoms with van der Waals surface area (Å²) in [6.07, 6.45) is 2.30. The molecule has 134 valence electrons. The highest BCUT2D eigenvalue weighted by molar-refractivity contribution is 9.10. The molecule has 0 unspecified atom stereocenters. The monoisotopic (exact) mass is 413 g/mol. The lowest BCUT2D eigenvalue weighted by Gasteiger charge is -2.16. The standard InChI is InChI=1S/C20H20BrN3O2/c1-4-9-26-20(25)16-11-22-19-15(7-5-13(3)23-19)18(16)24-17-8-6-14(21)10-12(17)2/h5-8,10-11H,4,9H2,1-3H3,(H,22,23,24). The van der Waals surface area contributed by atoms with Gasteiger partial charge in [-0.2, -0.15) is 0 Å². The normalized spacial score (nSPS) is 10.8. The van der Waals surface area contributed by atoms with Crippen molar-refractivity contribution < 1.29 is 9.53 Å². The molecule has 0 saturated carbocycles. The lowest BCUT2D eigenvalue weighted by Crippen LogP contribution is -2.10. The van der Waals surface area contributed by atoms with E-state index in [1.807, 2.05) is 51.1 Å². The Morgan fingerprint density at radius 3 is 2.77 bits per heavy atom. The quantitative estimate of drug-likeness (QED) is 0.573. The summed E-state index contributed by atoms with van der Waals surface area (Å²) in [7, 11) is 0. The molecular weight excluding hydrogens is 394 g/mol. The van der Waals surface area contributed by atoms with Crippen molar-refractivity contribution in [2.24, 2.45) is 0 Å². The summed E-state index contributed by atoms with van der Waals surface area (Å²) in [6.45, 7) is 6.26. The molecule has 1 N–H and O–H groups in total. The average molecular weight is 414 g/mol. The molecule has 0 radical (unpaired) electrons. The highest BCUT2D eigenvalue weighted by Crippen LogP contribution is 2.31. The maximum absolute atomic E-state index is 12.5. The highest BCUT2D eigenvalue weighted by atomic mass is 79.9. The summed E-state index contributed by atoms with van der Waals surface area (Å²) in [5.74, 6) is -0.390. The molecule has 0 amide bonds. The number of aromatic nitrogens is 2. The Kier molecular flexibility index (Phi) is 5.52. The number of halogens is 1. The zero-order chi connectivity index (χ0) is 18.7. The van der Waals surface area contributed by atoms with Crippen molar-refractivity contribution >= 4 is 44.3 Å². The SMILES string of the molecule is CCCOC(=O)c1cnc2nc(C)ccc2c1Nc1ccc(Br)cc1C. The number of nitrogens with one attached hydrogen (secondary N) is 1. The van der Waals surface area contributed by atoms with Gasteiger partial charge in [0.05, 0.1) is 12.3 Å². The molecule has 0 atom stereocenters. The molecule has 3 aromatic rings. The number of fused-ring (bicyclic) bond motifs is 1. The van der Waals surface area contributed by atoms with Crippen molar-refractivity contribution in [3.63, 3.8) is 0 Å². The van der Waals surface area contributed by atoms with Crippen LogP contribution in [0.2, 0.25) is 0 Å². The summed E-state index contributed by atoms with van der Waals surface area (Å²) < 4.78 is 6.33. The summed E-state index contributed by atoms with van der Waals surface area (Å²) in [4.78, 5) is 21.4. The zero-order valence-electron chi connectivity index (χ0n) is 15.0. The molecule has 26 heavy (non-hydrogen) atoms. The minimum atomic E-state index is -0.390. The maximum Gasteiger partial charge on any atom is 0.341 e. The Morgan fingerprint density at radius 2 is 2.04 bits per heavy atom. The van der Waals surface area contributed by atoms with E-state index in [-0.39, 0.29) is 5.97 Å². The van der Waals surface area contributed by atoms with Crippen molar-refractivity contribution in [2.45, 2.75) is 27.2 Å². The van der Waals surface area contributed by atoms with Gasteiger partial charge in [-0.1, -0.05) is 22.9 Å². The molecule has 6 heteroatoms. The van der Waals surface area contributed by atoms with Crippen molar-refractivity contribution in [1.29, 1.82) is 0 Å². The van der Waals surface area contributed by atoms with E-state index in [1.165, 1.54) is 6.20 Å². The van der Waals surface area contributed by atoms with Gasteiger partial charge in [0.15, 0.2) is 5.65 Å². The van der Waals surface area contributed by atoms with Crippen LogP contribution in [-0.4, -0.2) is 22.5 Å². The Morgan fingerprint density at radius 1 is 1.23 bits per heavy atom. The van der Waals surface area contributed by atoms with Crippen LogP contribution in [0.1, 0.15) is 35.0 Å². The van der Waals surface area contributed by atoms with Crippen molar-refractivity contribution in [3.05, 3.63) is 57.8 Å². The molecule has 0 aliphatic carbocycles. The molecule has 3 rings (SSSR count). The molecule has 0 bridgehead atoms. The minimum Gasteiger partial charge on any atom is -0.462 e. The second kappa shape index (κ2) is 7.83. The number of aryl methyl sites for hydroxylation is 2. The van der Waals surface area contributed by atoms with Crippen LogP contribution in [0.25, 0.3) is 11.0 Å². The van der Waals surface area contributed by atoms with Gasteiger partial charge in [-0.05, 0) is 56.2 Å². The number of hydrogen-bond donors (Lipinski definition) is 1. The maximum atomic E-state index is 12.5. The van der Waals surface area contributed by atoms with E-state index in [0.717, 1.165) is 33.2 Å². The topological polar surface area (TPSA) is 64.1 Å². The van der Waals surface area contributed by atoms with E-state index in [0.29, 0.717) is 23.5 Å². The van der Waals surface area contributed by atoms with Crippen molar-refractivity contribution in [3.8, 4) is 0 Å². The molecule has 0 saturated heterocycles. The predicted molar refractivity (Wildman–Crippen MR) is 107 cm³/mol. The Balaban J connectivity index is 2.13. The number of hydrogen-bond acceptors (Lipinski definition) is 5. The van der Waals surface area contributed by atoms with Crippen LogP contribution in [0.15, 0.2) is 41.0 Å². The van der Waals surface area contributed by atoms with Crippen molar-refractivity contribution in [2.75, 3.05) is 11.9 Å². The van der Waals surface area contributed by atoms with Gasteiger partial charge in [-0.25, -0.2) is 14.8 Å². The Hall–Kier alpha value is -2.47. The summed E-state index contributed by atoms with van der Waals surface area (Å²) >= 11 is 3.47. The van der Waals surface area contributed by atoms with Gasteiger partial charge in [0.2, 0.25) is 0 Å². The molecule has 0 spiro atoms. The largest absolute Gasteiger partial charge is 0.462 e. The number of ether oxygens (including phenoxy) is 1. The third-order valence-corrected chi connectivity index (χ3v) is 4.47. The third kappa shape index (κ3) is 3.85. The molecule has 0 aliphatic heterocycles. The Bertz CT molecular complexity index is 973. The second-order valence-corrected chi connectivity index (χ2v) is 7.01. The van der Waals surface area contributed by atoms with Gasteiger partial charge in [-0.15, -0.1) is 0 Å². The number of benzene rings is 1. The minimum absolute atomic E-state index is 0.375. The van der Waals surface area contributed by atoms with Crippen LogP contribution in [0, 0.1) is 13.8 Å². The molecule has 2 aromatic heterocycles. The van der Waals surface area contributed by atoms with Crippen LogP contribution in [-0.2, 0) is 4.74 Å². The first-order valence-electron chi connectivity index (χ1n) is 8.46. The predicted octanol–water partition coefficient (Wildman–Crippen LogP) is 5.32. The summed E-state index contributed by atoms with van der Waals surface area (Å²) in [6, 6.07) is 9.77. The fourth-order valence-corrected chi connectivity index (χ4v) is 3.11. The van der Waals surface area contributed by atoms with Gasteiger partial charge in [-0.3, -0.25) is 0 Å². The van der Waals surface area contributed by atoms with E-state index >= 15 is 0 Å². The molecule has 5 nitrogen and oxygen atoms in total. The number of nitrogens with zero attached hydrogens (tertiary/aromatic N) is 2. The van der Waals surface area contributed by atoms with Gasteiger partial charge >= 0.3 is 5.97 Å². The molecule has 1 aromatic carbocycles. The number of pyridine rings is 2.